The third-order valence-electron chi connectivity index (χ3n) is 3.54. The van der Waals surface area contributed by atoms with Crippen LogP contribution in [0.25, 0.3) is 0 Å². The maximum Gasteiger partial charge on any atom is 0.263 e. The van der Waals surface area contributed by atoms with E-state index in [4.69, 9.17) is 4.74 Å². The van der Waals surface area contributed by atoms with Gasteiger partial charge in [0.15, 0.2) is 6.10 Å². The quantitative estimate of drug-likeness (QED) is 0.896. The Kier molecular flexibility index (Phi) is 4.10. The monoisotopic (exact) mass is 262 g/mol. The van der Waals surface area contributed by atoms with E-state index in [9.17, 15) is 4.79 Å². The second kappa shape index (κ2) is 5.61. The number of carbonyl (C=O) groups is 1. The van der Waals surface area contributed by atoms with Crippen LogP contribution in [0.2, 0.25) is 0 Å². The van der Waals surface area contributed by atoms with Crippen molar-refractivity contribution in [1.29, 1.82) is 0 Å². The fourth-order valence-corrected chi connectivity index (χ4v) is 2.57. The Morgan fingerprint density at radius 1 is 1.37 bits per heavy atom. The molecule has 2 rings (SSSR count). The number of likely N-dealkylation sites (tertiary alicyclic amines) is 1. The number of carbonyl (C=O) groups excluding carboxylic acids is 1. The summed E-state index contributed by atoms with van der Waals surface area (Å²) in [6.45, 7) is 5.68. The number of ether oxygens (including phenoxy) is 1. The van der Waals surface area contributed by atoms with Crippen LogP contribution >= 0.6 is 0 Å². The fraction of sp³-hybridized carbons (Fsp3) is 0.533. The van der Waals surface area contributed by atoms with E-state index in [2.05, 4.69) is 17.4 Å². The van der Waals surface area contributed by atoms with Crippen molar-refractivity contribution in [1.82, 2.24) is 10.2 Å². The molecule has 1 heterocycles. The molecule has 1 fully saturated rings. The number of nitrogens with one attached hydrogen (secondary N) is 1. The lowest BCUT2D eigenvalue weighted by Gasteiger charge is -2.18. The van der Waals surface area contributed by atoms with Crippen LogP contribution < -0.4 is 10.1 Å². The van der Waals surface area contributed by atoms with Gasteiger partial charge in [-0.15, -0.1) is 0 Å². The van der Waals surface area contributed by atoms with E-state index in [-0.39, 0.29) is 12.0 Å². The summed E-state index contributed by atoms with van der Waals surface area (Å²) in [4.78, 5) is 13.6. The molecule has 19 heavy (non-hydrogen) atoms. The number of nitrogens with zero attached hydrogens (tertiary/aromatic N) is 1. The van der Waals surface area contributed by atoms with Crippen LogP contribution in [0.15, 0.2) is 12.1 Å². The van der Waals surface area contributed by atoms with Crippen molar-refractivity contribution in [3.05, 3.63) is 28.8 Å². The molecule has 1 aliphatic rings. The van der Waals surface area contributed by atoms with Crippen LogP contribution in [0.5, 0.6) is 5.75 Å². The molecule has 0 spiro atoms. The molecule has 1 aromatic rings. The highest BCUT2D eigenvalue weighted by molar-refractivity contribution is 5.83. The summed E-state index contributed by atoms with van der Waals surface area (Å²) in [6, 6.07) is 4.23. The van der Waals surface area contributed by atoms with Gasteiger partial charge in [-0.05, 0) is 37.6 Å². The maximum absolute atomic E-state index is 11.9. The summed E-state index contributed by atoms with van der Waals surface area (Å²) in [5.41, 5.74) is 3.42. The first-order valence-corrected chi connectivity index (χ1v) is 6.69. The number of benzene rings is 1. The highest BCUT2D eigenvalue weighted by Gasteiger charge is 2.31. The molecule has 4 nitrogen and oxygen atoms in total. The van der Waals surface area contributed by atoms with Crippen molar-refractivity contribution >= 4 is 5.91 Å². The zero-order chi connectivity index (χ0) is 14.0. The van der Waals surface area contributed by atoms with Crippen molar-refractivity contribution < 1.29 is 9.53 Å². The van der Waals surface area contributed by atoms with Crippen molar-refractivity contribution in [2.75, 3.05) is 20.6 Å². The highest BCUT2D eigenvalue weighted by Crippen LogP contribution is 2.28. The van der Waals surface area contributed by atoms with Gasteiger partial charge in [0, 0.05) is 26.6 Å². The molecule has 104 valence electrons. The van der Waals surface area contributed by atoms with Gasteiger partial charge in [-0.3, -0.25) is 4.79 Å². The van der Waals surface area contributed by atoms with Crippen LogP contribution in [0.1, 0.15) is 23.1 Å². The standard InChI is InChI=1S/C15H22N2O2/c1-10-7-12(9-16-3)8-11(2)14(10)19-13-5-6-17(4)15(13)18/h7-8,13,16H,5-6,9H2,1-4H3. The van der Waals surface area contributed by atoms with E-state index in [1.54, 1.807) is 4.90 Å². The lowest BCUT2D eigenvalue weighted by atomic mass is 10.1. The molecular weight excluding hydrogens is 240 g/mol. The SMILES string of the molecule is CNCc1cc(C)c(OC2CCN(C)C2=O)c(C)c1. The van der Waals surface area contributed by atoms with Crippen molar-refractivity contribution in [3.63, 3.8) is 0 Å². The molecule has 1 aliphatic heterocycles. The summed E-state index contributed by atoms with van der Waals surface area (Å²) in [7, 11) is 3.75. The first kappa shape index (κ1) is 13.9. The molecule has 1 aromatic carbocycles. The Hall–Kier alpha value is -1.55. The Morgan fingerprint density at radius 3 is 2.47 bits per heavy atom. The molecule has 0 saturated carbocycles. The van der Waals surface area contributed by atoms with Crippen LogP contribution in [0.4, 0.5) is 0 Å². The fourth-order valence-electron chi connectivity index (χ4n) is 2.57. The molecular formula is C15H22N2O2. The van der Waals surface area contributed by atoms with E-state index < -0.39 is 0 Å². The van der Waals surface area contributed by atoms with Crippen LogP contribution in [-0.2, 0) is 11.3 Å². The summed E-state index contributed by atoms with van der Waals surface area (Å²) >= 11 is 0. The van der Waals surface area contributed by atoms with Gasteiger partial charge < -0.3 is 15.0 Å². The molecule has 1 unspecified atom stereocenters. The van der Waals surface area contributed by atoms with Crippen LogP contribution in [-0.4, -0.2) is 37.6 Å². The second-order valence-corrected chi connectivity index (χ2v) is 5.24. The molecule has 4 heteroatoms. The molecule has 1 N–H and O–H groups in total. The van der Waals surface area contributed by atoms with Crippen molar-refractivity contribution in [2.45, 2.75) is 32.9 Å². The average molecular weight is 262 g/mol. The minimum Gasteiger partial charge on any atom is -0.480 e. The van der Waals surface area contributed by atoms with Gasteiger partial charge in [-0.1, -0.05) is 12.1 Å². The summed E-state index contributed by atoms with van der Waals surface area (Å²) < 4.78 is 5.94. The largest absolute Gasteiger partial charge is 0.480 e. The molecule has 0 radical (unpaired) electrons. The predicted molar refractivity (Wildman–Crippen MR) is 75.3 cm³/mol. The van der Waals surface area contributed by atoms with Gasteiger partial charge in [0.2, 0.25) is 0 Å². The van der Waals surface area contributed by atoms with Gasteiger partial charge in [0.25, 0.3) is 5.91 Å². The lowest BCUT2D eigenvalue weighted by molar-refractivity contribution is -0.132. The first-order valence-electron chi connectivity index (χ1n) is 6.69. The van der Waals surface area contributed by atoms with Crippen LogP contribution in [0.3, 0.4) is 0 Å². The minimum absolute atomic E-state index is 0.0816. The molecule has 0 aromatic heterocycles. The number of aryl methyl sites for hydroxylation is 2. The predicted octanol–water partition coefficient (Wildman–Crippen LogP) is 1.63. The highest BCUT2D eigenvalue weighted by atomic mass is 16.5. The van der Waals surface area contributed by atoms with E-state index >= 15 is 0 Å². The Bertz CT molecular complexity index is 462. The topological polar surface area (TPSA) is 41.6 Å². The smallest absolute Gasteiger partial charge is 0.263 e. The minimum atomic E-state index is -0.322. The number of hydrogen-bond donors (Lipinski definition) is 1. The number of rotatable bonds is 4. The Morgan fingerprint density at radius 2 is 2.00 bits per heavy atom. The lowest BCUT2D eigenvalue weighted by Crippen LogP contribution is -2.29. The molecule has 1 atom stereocenters. The number of likely N-dealkylation sites (N-methyl/N-ethyl adjacent to an activating group) is 1. The van der Waals surface area contributed by atoms with Gasteiger partial charge in [-0.25, -0.2) is 0 Å². The van der Waals surface area contributed by atoms with Crippen molar-refractivity contribution in [3.8, 4) is 5.75 Å². The third kappa shape index (κ3) is 2.89. The Balaban J connectivity index is 2.19. The van der Waals surface area contributed by atoms with E-state index in [0.29, 0.717) is 0 Å². The Labute approximate surface area is 114 Å². The molecule has 0 aliphatic carbocycles. The van der Waals surface area contributed by atoms with Crippen LogP contribution in [0, 0.1) is 13.8 Å². The average Bonchev–Trinajstić information content (AvgIpc) is 2.66. The summed E-state index contributed by atoms with van der Waals surface area (Å²) in [5.74, 6) is 0.937. The molecule has 1 saturated heterocycles. The van der Waals surface area contributed by atoms with Gasteiger partial charge in [0.1, 0.15) is 5.75 Å². The zero-order valence-corrected chi connectivity index (χ0v) is 12.1. The van der Waals surface area contributed by atoms with E-state index in [1.165, 1.54) is 5.56 Å². The van der Waals surface area contributed by atoms with Crippen molar-refractivity contribution in [2.24, 2.45) is 0 Å². The number of hydrogen-bond acceptors (Lipinski definition) is 3. The summed E-state index contributed by atoms with van der Waals surface area (Å²) in [6.07, 6.45) is 0.449. The molecule has 1 amide bonds. The zero-order valence-electron chi connectivity index (χ0n) is 12.1. The number of amides is 1. The van der Waals surface area contributed by atoms with Gasteiger partial charge >= 0.3 is 0 Å². The maximum atomic E-state index is 11.9. The first-order chi connectivity index (χ1) is 9.02. The normalized spacial score (nSPS) is 19.1. The van der Waals surface area contributed by atoms with E-state index in [1.807, 2.05) is 27.9 Å². The summed E-state index contributed by atoms with van der Waals surface area (Å²) in [5, 5.41) is 3.14. The molecule has 0 bridgehead atoms. The third-order valence-corrected chi connectivity index (χ3v) is 3.54. The second-order valence-electron chi connectivity index (χ2n) is 5.24. The van der Waals surface area contributed by atoms with Gasteiger partial charge in [0.05, 0.1) is 0 Å². The van der Waals surface area contributed by atoms with Gasteiger partial charge in [-0.2, -0.15) is 0 Å². The van der Waals surface area contributed by atoms with E-state index in [0.717, 1.165) is 36.4 Å².